The third kappa shape index (κ3) is 16.1. The largest absolute Gasteiger partial charge is 0.412 e. The summed E-state index contributed by atoms with van der Waals surface area (Å²) in [7, 11) is 0. The maximum absolute atomic E-state index is 10.1. The molecule has 0 rings (SSSR count). The van der Waals surface area contributed by atoms with Gasteiger partial charge >= 0.3 is 12.0 Å². The lowest BCUT2D eigenvalue weighted by molar-refractivity contribution is -0.146. The van der Waals surface area contributed by atoms with Crippen LogP contribution in [0.25, 0.3) is 0 Å². The zero-order chi connectivity index (χ0) is 7.28. The van der Waals surface area contributed by atoms with Crippen LogP contribution in [-0.2, 0) is 9.63 Å². The van der Waals surface area contributed by atoms with Gasteiger partial charge in [-0.15, -0.1) is 0 Å². The lowest BCUT2D eigenvalue weighted by atomic mass is 10.7. The molecule has 0 aromatic carbocycles. The smallest absolute Gasteiger partial charge is 0.345 e. The van der Waals surface area contributed by atoms with Crippen LogP contribution in [-0.4, -0.2) is 46.9 Å². The van der Waals surface area contributed by atoms with Crippen LogP contribution in [0.1, 0.15) is 0 Å². The molecule has 0 heterocycles. The van der Waals surface area contributed by atoms with Crippen molar-refractivity contribution in [3.63, 3.8) is 0 Å². The van der Waals surface area contributed by atoms with Crippen LogP contribution < -0.4 is 16.9 Å². The van der Waals surface area contributed by atoms with Gasteiger partial charge in [-0.05, 0) is 0 Å². The average molecular weight is 197 g/mol. The number of carbonyl (C=O) groups is 2. The van der Waals surface area contributed by atoms with Crippen LogP contribution in [0.3, 0.4) is 0 Å². The number of rotatable bonds is 1. The average Bonchev–Trinajstić information content (AvgIpc) is 1.83. The SMILES string of the molecule is NCC(=O)ONC(N)=O.O.O.[AlH]. The molecule has 0 atom stereocenters. The number of carbonyl (C=O) groups excluding carboxylic acids is 2. The second-order valence-electron chi connectivity index (χ2n) is 1.14. The summed E-state index contributed by atoms with van der Waals surface area (Å²) >= 11 is 0. The molecule has 9 heteroatoms. The number of hydrogen-bond donors (Lipinski definition) is 3. The number of nitrogens with one attached hydrogen (secondary N) is 1. The van der Waals surface area contributed by atoms with Gasteiger partial charge in [-0.3, -0.25) is 0 Å². The van der Waals surface area contributed by atoms with E-state index in [9.17, 15) is 9.59 Å². The van der Waals surface area contributed by atoms with Gasteiger partial charge in [0.05, 0.1) is 23.9 Å². The van der Waals surface area contributed by atoms with Crippen LogP contribution in [0.5, 0.6) is 0 Å². The zero-order valence-electron chi connectivity index (χ0n) is 6.29. The molecule has 2 amide bonds. The number of nitrogens with two attached hydrogens (primary N) is 2. The summed E-state index contributed by atoms with van der Waals surface area (Å²) in [6.07, 6.45) is 0. The van der Waals surface area contributed by atoms with Crippen molar-refractivity contribution in [2.75, 3.05) is 6.54 Å². The highest BCUT2D eigenvalue weighted by atomic mass is 27.0. The van der Waals surface area contributed by atoms with Crippen molar-refractivity contribution in [2.45, 2.75) is 0 Å². The van der Waals surface area contributed by atoms with Crippen LogP contribution in [0.4, 0.5) is 4.79 Å². The number of hydroxylamine groups is 1. The summed E-state index contributed by atoms with van der Waals surface area (Å²) < 4.78 is 0. The zero-order valence-corrected chi connectivity index (χ0v) is 7.71. The summed E-state index contributed by atoms with van der Waals surface area (Å²) in [5.41, 5.74) is 10.9. The number of urea groups is 1. The van der Waals surface area contributed by atoms with Crippen LogP contribution in [0.2, 0.25) is 0 Å². The van der Waals surface area contributed by atoms with Crippen LogP contribution >= 0.6 is 0 Å². The van der Waals surface area contributed by atoms with E-state index in [1.165, 1.54) is 0 Å². The van der Waals surface area contributed by atoms with E-state index in [4.69, 9.17) is 5.73 Å². The molecule has 0 aliphatic heterocycles. The van der Waals surface area contributed by atoms with E-state index in [1.807, 2.05) is 0 Å². The van der Waals surface area contributed by atoms with Crippen molar-refractivity contribution in [2.24, 2.45) is 11.5 Å². The quantitative estimate of drug-likeness (QED) is 0.285. The molecule has 0 aromatic heterocycles. The number of amides is 2. The monoisotopic (exact) mass is 197 g/mol. The van der Waals surface area contributed by atoms with Gasteiger partial charge in [0.1, 0.15) is 0 Å². The molecule has 2 radical (unpaired) electrons. The topological polar surface area (TPSA) is 170 Å². The van der Waals surface area contributed by atoms with Gasteiger partial charge in [0.2, 0.25) is 0 Å². The minimum absolute atomic E-state index is 0. The van der Waals surface area contributed by atoms with Gasteiger partial charge in [-0.25, -0.2) is 9.59 Å². The fourth-order valence-electron chi connectivity index (χ4n) is 0.149. The molecule has 0 aromatic rings. The first-order valence-electron chi connectivity index (χ1n) is 2.12. The van der Waals surface area contributed by atoms with Crippen molar-refractivity contribution in [1.82, 2.24) is 5.48 Å². The third-order valence-corrected chi connectivity index (χ3v) is 0.432. The van der Waals surface area contributed by atoms with Crippen molar-refractivity contribution in [3.05, 3.63) is 0 Å². The van der Waals surface area contributed by atoms with Gasteiger partial charge in [0.15, 0.2) is 0 Å². The van der Waals surface area contributed by atoms with E-state index in [-0.39, 0.29) is 34.9 Å². The summed E-state index contributed by atoms with van der Waals surface area (Å²) in [6.45, 7) is -0.291. The molecule has 9 N–H and O–H groups in total. The van der Waals surface area contributed by atoms with E-state index in [0.29, 0.717) is 0 Å². The Morgan fingerprint density at radius 2 is 1.75 bits per heavy atom. The lowest BCUT2D eigenvalue weighted by Gasteiger charge is -1.98. The Morgan fingerprint density at radius 1 is 1.33 bits per heavy atom. The molecular weight excluding hydrogens is 185 g/mol. The van der Waals surface area contributed by atoms with Crippen molar-refractivity contribution in [3.8, 4) is 0 Å². The number of primary amides is 1. The molecule has 0 spiro atoms. The van der Waals surface area contributed by atoms with Crippen LogP contribution in [0.15, 0.2) is 0 Å². The standard InChI is InChI=1S/C3H7N3O3.Al.2H2O.H/c4-1-2(7)9-6-3(5)8;;;;/h1,4H2,(H3,5,6,8);;2*1H2;. The highest BCUT2D eigenvalue weighted by Crippen LogP contribution is 1.65. The molecule has 72 valence electrons. The van der Waals surface area contributed by atoms with E-state index in [0.717, 1.165) is 0 Å². The minimum atomic E-state index is -0.934. The molecular formula is C3H12AlN3O5. The second kappa shape index (κ2) is 12.8. The Morgan fingerprint density at radius 3 is 2.00 bits per heavy atom. The molecule has 12 heavy (non-hydrogen) atoms. The summed E-state index contributed by atoms with van der Waals surface area (Å²) in [5.74, 6) is -0.742. The highest BCUT2D eigenvalue weighted by molar-refractivity contribution is 5.76. The summed E-state index contributed by atoms with van der Waals surface area (Å²) in [6, 6.07) is -0.934. The maximum atomic E-state index is 10.1. The Bertz CT molecular complexity index is 131. The molecule has 0 saturated heterocycles. The van der Waals surface area contributed by atoms with E-state index >= 15 is 0 Å². The third-order valence-electron chi connectivity index (χ3n) is 0.432. The Kier molecular flexibility index (Phi) is 24.0. The molecule has 8 nitrogen and oxygen atoms in total. The van der Waals surface area contributed by atoms with Gasteiger partial charge in [0, 0.05) is 0 Å². The van der Waals surface area contributed by atoms with E-state index in [1.54, 1.807) is 5.48 Å². The van der Waals surface area contributed by atoms with Gasteiger partial charge in [-0.1, -0.05) is 0 Å². The molecule has 0 fully saturated rings. The van der Waals surface area contributed by atoms with Crippen LogP contribution in [0, 0.1) is 0 Å². The van der Waals surface area contributed by atoms with Gasteiger partial charge < -0.3 is 27.3 Å². The van der Waals surface area contributed by atoms with Crippen molar-refractivity contribution in [1.29, 1.82) is 0 Å². The molecule has 0 aliphatic rings. The molecule has 0 saturated carbocycles. The normalized spacial score (nSPS) is 6.08. The first-order chi connectivity index (χ1) is 4.16. The lowest BCUT2D eigenvalue weighted by Crippen LogP contribution is -2.34. The molecule has 0 aliphatic carbocycles. The van der Waals surface area contributed by atoms with E-state index < -0.39 is 12.0 Å². The number of hydrogen-bond acceptors (Lipinski definition) is 4. The van der Waals surface area contributed by atoms with Gasteiger partial charge in [-0.2, -0.15) is 5.48 Å². The first-order valence-corrected chi connectivity index (χ1v) is 2.12. The first kappa shape index (κ1) is 22.5. The minimum Gasteiger partial charge on any atom is -0.412 e. The molecule has 0 bridgehead atoms. The Labute approximate surface area is 78.9 Å². The van der Waals surface area contributed by atoms with Crippen molar-refractivity contribution < 1.29 is 25.4 Å². The predicted molar refractivity (Wildman–Crippen MR) is 42.2 cm³/mol. The van der Waals surface area contributed by atoms with Crippen molar-refractivity contribution >= 4 is 29.4 Å². The van der Waals surface area contributed by atoms with Gasteiger partial charge in [0.25, 0.3) is 0 Å². The maximum Gasteiger partial charge on any atom is 0.345 e. The highest BCUT2D eigenvalue weighted by Gasteiger charge is 1.98. The Hall–Kier alpha value is -0.848. The second-order valence-corrected chi connectivity index (χ2v) is 1.14. The Balaban J connectivity index is -0.000000107. The fourth-order valence-corrected chi connectivity index (χ4v) is 0.149. The van der Waals surface area contributed by atoms with E-state index in [2.05, 4.69) is 10.6 Å². The molecule has 0 unspecified atom stereocenters. The predicted octanol–water partition coefficient (Wildman–Crippen LogP) is -4.23. The summed E-state index contributed by atoms with van der Waals surface area (Å²) in [5, 5.41) is 0. The fraction of sp³-hybridized carbons (Fsp3) is 0.333. The summed E-state index contributed by atoms with van der Waals surface area (Å²) in [4.78, 5) is 23.9.